The van der Waals surface area contributed by atoms with Gasteiger partial charge >= 0.3 is 0 Å². The summed E-state index contributed by atoms with van der Waals surface area (Å²) in [5.74, 6) is 0.697. The first-order chi connectivity index (χ1) is 11.7. The second kappa shape index (κ2) is 7.41. The van der Waals surface area contributed by atoms with Crippen molar-refractivity contribution in [2.45, 2.75) is 6.42 Å². The lowest BCUT2D eigenvalue weighted by molar-refractivity contribution is 0.0767. The van der Waals surface area contributed by atoms with Crippen LogP contribution in [0.4, 0.5) is 5.82 Å². The molecule has 0 spiro atoms. The van der Waals surface area contributed by atoms with E-state index in [1.807, 2.05) is 4.90 Å². The number of carbonyl (C=O) groups is 1. The van der Waals surface area contributed by atoms with E-state index in [1.165, 1.54) is 0 Å². The highest BCUT2D eigenvalue weighted by molar-refractivity contribution is 9.10. The standard InChI is InChI=1S/C17H16BrN5O/c18-15-10-14(11-19)16(21-12-15)22-6-1-7-23(9-8-22)17(24)13-2-4-20-5-3-13/h2-5,10,12H,1,6-9H2. The number of hydrogen-bond acceptors (Lipinski definition) is 5. The molecule has 0 aromatic carbocycles. The molecule has 0 radical (unpaired) electrons. The Morgan fingerprint density at radius 1 is 1.21 bits per heavy atom. The van der Waals surface area contributed by atoms with E-state index in [0.717, 1.165) is 17.4 Å². The van der Waals surface area contributed by atoms with E-state index in [2.05, 4.69) is 36.9 Å². The Balaban J connectivity index is 1.74. The van der Waals surface area contributed by atoms with E-state index in [1.54, 1.807) is 36.8 Å². The van der Waals surface area contributed by atoms with Gasteiger partial charge in [0.15, 0.2) is 0 Å². The molecule has 1 saturated heterocycles. The van der Waals surface area contributed by atoms with E-state index in [9.17, 15) is 10.1 Å². The molecule has 7 heteroatoms. The van der Waals surface area contributed by atoms with Gasteiger partial charge in [-0.25, -0.2) is 4.98 Å². The molecule has 2 aromatic heterocycles. The van der Waals surface area contributed by atoms with Crippen LogP contribution in [-0.4, -0.2) is 47.0 Å². The molecule has 0 bridgehead atoms. The van der Waals surface area contributed by atoms with Gasteiger partial charge in [0, 0.05) is 54.8 Å². The fourth-order valence-corrected chi connectivity index (χ4v) is 3.11. The van der Waals surface area contributed by atoms with Crippen molar-refractivity contribution < 1.29 is 4.79 Å². The van der Waals surface area contributed by atoms with Crippen molar-refractivity contribution in [2.24, 2.45) is 0 Å². The van der Waals surface area contributed by atoms with Gasteiger partial charge < -0.3 is 9.80 Å². The molecule has 24 heavy (non-hydrogen) atoms. The molecule has 0 unspecified atom stereocenters. The summed E-state index contributed by atoms with van der Waals surface area (Å²) in [6.45, 7) is 2.71. The minimum absolute atomic E-state index is 0.0171. The predicted octanol–water partition coefficient (Wildman–Crippen LogP) is 2.46. The second-order valence-corrected chi connectivity index (χ2v) is 6.42. The number of carbonyl (C=O) groups excluding carboxylic acids is 1. The molecule has 3 rings (SSSR count). The van der Waals surface area contributed by atoms with Crippen LogP contribution in [0.2, 0.25) is 0 Å². The number of pyridine rings is 2. The maximum Gasteiger partial charge on any atom is 0.254 e. The smallest absolute Gasteiger partial charge is 0.254 e. The molecule has 1 amide bonds. The molecule has 3 heterocycles. The first kappa shape index (κ1) is 16.4. The zero-order valence-electron chi connectivity index (χ0n) is 13.0. The Hall–Kier alpha value is -2.46. The van der Waals surface area contributed by atoms with Gasteiger partial charge in [-0.1, -0.05) is 0 Å². The van der Waals surface area contributed by atoms with Crippen molar-refractivity contribution in [3.8, 4) is 6.07 Å². The van der Waals surface area contributed by atoms with Gasteiger partial charge in [0.25, 0.3) is 5.91 Å². The van der Waals surface area contributed by atoms with E-state index in [4.69, 9.17) is 0 Å². The molecule has 0 N–H and O–H groups in total. The molecule has 0 aliphatic carbocycles. The summed E-state index contributed by atoms with van der Waals surface area (Å²) in [7, 11) is 0. The lowest BCUT2D eigenvalue weighted by Gasteiger charge is -2.23. The summed E-state index contributed by atoms with van der Waals surface area (Å²) >= 11 is 3.34. The maximum atomic E-state index is 12.6. The highest BCUT2D eigenvalue weighted by atomic mass is 79.9. The van der Waals surface area contributed by atoms with Crippen molar-refractivity contribution in [1.82, 2.24) is 14.9 Å². The Bertz CT molecular complexity index is 774. The summed E-state index contributed by atoms with van der Waals surface area (Å²) < 4.78 is 0.784. The van der Waals surface area contributed by atoms with Gasteiger partial charge in [-0.3, -0.25) is 9.78 Å². The third-order valence-electron chi connectivity index (χ3n) is 3.96. The zero-order valence-corrected chi connectivity index (χ0v) is 14.6. The summed E-state index contributed by atoms with van der Waals surface area (Å²) in [6, 6.07) is 7.43. The molecule has 1 fully saturated rings. The van der Waals surface area contributed by atoms with E-state index < -0.39 is 0 Å². The quantitative estimate of drug-likeness (QED) is 0.793. The van der Waals surface area contributed by atoms with Crippen LogP contribution in [0.5, 0.6) is 0 Å². The summed E-state index contributed by atoms with van der Waals surface area (Å²) in [4.78, 5) is 24.8. The van der Waals surface area contributed by atoms with Crippen molar-refractivity contribution in [2.75, 3.05) is 31.1 Å². The Morgan fingerprint density at radius 2 is 2.00 bits per heavy atom. The third kappa shape index (κ3) is 3.54. The Kier molecular flexibility index (Phi) is 5.06. The number of anilines is 1. The second-order valence-electron chi connectivity index (χ2n) is 5.51. The molecule has 2 aromatic rings. The molecule has 0 saturated carbocycles. The fourth-order valence-electron chi connectivity index (χ4n) is 2.78. The van der Waals surface area contributed by atoms with Crippen LogP contribution < -0.4 is 4.90 Å². The molecule has 6 nitrogen and oxygen atoms in total. The highest BCUT2D eigenvalue weighted by Gasteiger charge is 2.22. The van der Waals surface area contributed by atoms with Crippen molar-refractivity contribution in [3.05, 3.63) is 52.4 Å². The van der Waals surface area contributed by atoms with Crippen LogP contribution in [-0.2, 0) is 0 Å². The number of rotatable bonds is 2. The predicted molar refractivity (Wildman–Crippen MR) is 93.6 cm³/mol. The number of halogens is 1. The molecular formula is C17H16BrN5O. The number of nitriles is 1. The number of aromatic nitrogens is 2. The van der Waals surface area contributed by atoms with Crippen molar-refractivity contribution in [1.29, 1.82) is 5.26 Å². The van der Waals surface area contributed by atoms with Crippen LogP contribution in [0.1, 0.15) is 22.3 Å². The number of nitrogens with zero attached hydrogens (tertiary/aromatic N) is 5. The van der Waals surface area contributed by atoms with Crippen LogP contribution in [0.25, 0.3) is 0 Å². The van der Waals surface area contributed by atoms with Crippen LogP contribution in [0.3, 0.4) is 0 Å². The number of amides is 1. The summed E-state index contributed by atoms with van der Waals surface area (Å²) in [6.07, 6.45) is 5.78. The maximum absolute atomic E-state index is 12.6. The van der Waals surface area contributed by atoms with E-state index in [0.29, 0.717) is 36.6 Å². The summed E-state index contributed by atoms with van der Waals surface area (Å²) in [5, 5.41) is 9.32. The topological polar surface area (TPSA) is 73.1 Å². The zero-order chi connectivity index (χ0) is 16.9. The minimum Gasteiger partial charge on any atom is -0.354 e. The largest absolute Gasteiger partial charge is 0.354 e. The van der Waals surface area contributed by atoms with Crippen LogP contribution >= 0.6 is 15.9 Å². The molecule has 0 atom stereocenters. The molecule has 122 valence electrons. The first-order valence-corrected chi connectivity index (χ1v) is 8.48. The lowest BCUT2D eigenvalue weighted by Crippen LogP contribution is -2.35. The van der Waals surface area contributed by atoms with Gasteiger partial charge in [0.05, 0.1) is 5.56 Å². The molecular weight excluding hydrogens is 370 g/mol. The van der Waals surface area contributed by atoms with Gasteiger partial charge in [-0.2, -0.15) is 5.26 Å². The van der Waals surface area contributed by atoms with Crippen molar-refractivity contribution in [3.63, 3.8) is 0 Å². The Morgan fingerprint density at radius 3 is 2.75 bits per heavy atom. The monoisotopic (exact) mass is 385 g/mol. The van der Waals surface area contributed by atoms with Crippen LogP contribution in [0.15, 0.2) is 41.3 Å². The molecule has 1 aliphatic heterocycles. The van der Waals surface area contributed by atoms with Gasteiger partial charge in [0.1, 0.15) is 11.9 Å². The average molecular weight is 386 g/mol. The SMILES string of the molecule is N#Cc1cc(Br)cnc1N1CCCN(C(=O)c2ccncc2)CC1. The van der Waals surface area contributed by atoms with Gasteiger partial charge in [-0.15, -0.1) is 0 Å². The Labute approximate surface area is 148 Å². The van der Waals surface area contributed by atoms with Gasteiger partial charge in [-0.05, 0) is 40.5 Å². The van der Waals surface area contributed by atoms with E-state index in [-0.39, 0.29) is 5.91 Å². The normalized spacial score (nSPS) is 14.8. The summed E-state index contributed by atoms with van der Waals surface area (Å²) in [5.41, 5.74) is 1.19. The lowest BCUT2D eigenvalue weighted by atomic mass is 10.2. The highest BCUT2D eigenvalue weighted by Crippen LogP contribution is 2.22. The van der Waals surface area contributed by atoms with Gasteiger partial charge in [0.2, 0.25) is 0 Å². The first-order valence-electron chi connectivity index (χ1n) is 7.69. The molecule has 1 aliphatic rings. The fraction of sp³-hybridized carbons (Fsp3) is 0.294. The van der Waals surface area contributed by atoms with Crippen molar-refractivity contribution >= 4 is 27.7 Å². The van der Waals surface area contributed by atoms with E-state index >= 15 is 0 Å². The number of hydrogen-bond donors (Lipinski definition) is 0. The average Bonchev–Trinajstić information content (AvgIpc) is 2.88. The third-order valence-corrected chi connectivity index (χ3v) is 4.40. The van der Waals surface area contributed by atoms with Crippen LogP contribution in [0, 0.1) is 11.3 Å². The minimum atomic E-state index is 0.0171.